The second-order valence-electron chi connectivity index (χ2n) is 6.18. The highest BCUT2D eigenvalue weighted by Gasteiger charge is 2.23. The summed E-state index contributed by atoms with van der Waals surface area (Å²) in [6, 6.07) is 11.3. The summed E-state index contributed by atoms with van der Waals surface area (Å²) in [6.07, 6.45) is 2.56. The standard InChI is InChI=1S/C19H21N3O5/c1-26-13-27-17-9-6-15(7-10-17)20-19(23)21-11-3-2-4-14-5-8-16(22(24)25)12-18(14)21/h5-10,12H,2-4,11,13H2,1H3,(H,20,23). The van der Waals surface area contributed by atoms with E-state index in [0.29, 0.717) is 23.7 Å². The molecule has 2 aromatic carbocycles. The lowest BCUT2D eigenvalue weighted by atomic mass is 10.1. The Morgan fingerprint density at radius 1 is 1.22 bits per heavy atom. The molecule has 0 fully saturated rings. The number of methoxy groups -OCH3 is 1. The monoisotopic (exact) mass is 371 g/mol. The number of ether oxygens (including phenoxy) is 2. The van der Waals surface area contributed by atoms with Gasteiger partial charge in [-0.05, 0) is 49.1 Å². The van der Waals surface area contributed by atoms with Crippen LogP contribution in [0.1, 0.15) is 18.4 Å². The maximum Gasteiger partial charge on any atom is 0.326 e. The Hall–Kier alpha value is -3.13. The van der Waals surface area contributed by atoms with Crippen LogP contribution < -0.4 is 15.0 Å². The van der Waals surface area contributed by atoms with E-state index in [1.54, 1.807) is 35.2 Å². The third-order valence-electron chi connectivity index (χ3n) is 4.34. The molecule has 142 valence electrons. The Morgan fingerprint density at radius 2 is 2.00 bits per heavy atom. The van der Waals surface area contributed by atoms with Crippen LogP contribution in [0, 0.1) is 10.1 Å². The Kier molecular flexibility index (Phi) is 5.87. The van der Waals surface area contributed by atoms with E-state index in [4.69, 9.17) is 9.47 Å². The zero-order valence-electron chi connectivity index (χ0n) is 15.0. The maximum atomic E-state index is 12.8. The highest BCUT2D eigenvalue weighted by atomic mass is 16.7. The molecule has 0 saturated carbocycles. The number of nitrogens with one attached hydrogen (secondary N) is 1. The number of hydrogen-bond donors (Lipinski definition) is 1. The molecule has 0 unspecified atom stereocenters. The largest absolute Gasteiger partial charge is 0.468 e. The second-order valence-corrected chi connectivity index (χ2v) is 6.18. The third-order valence-corrected chi connectivity index (χ3v) is 4.34. The molecule has 0 bridgehead atoms. The minimum atomic E-state index is -0.444. The van der Waals surface area contributed by atoms with E-state index in [2.05, 4.69) is 5.32 Å². The average molecular weight is 371 g/mol. The predicted molar refractivity (Wildman–Crippen MR) is 101 cm³/mol. The van der Waals surface area contributed by atoms with Crippen LogP contribution in [0.15, 0.2) is 42.5 Å². The van der Waals surface area contributed by atoms with Crippen LogP contribution >= 0.6 is 0 Å². The number of urea groups is 1. The maximum absolute atomic E-state index is 12.8. The van der Waals surface area contributed by atoms with Crippen molar-refractivity contribution in [2.24, 2.45) is 0 Å². The number of carbonyl (C=O) groups excluding carboxylic acids is 1. The number of benzene rings is 2. The summed E-state index contributed by atoms with van der Waals surface area (Å²) in [4.78, 5) is 25.1. The zero-order valence-corrected chi connectivity index (χ0v) is 15.0. The van der Waals surface area contributed by atoms with Crippen LogP contribution in [0.2, 0.25) is 0 Å². The molecular formula is C19H21N3O5. The molecule has 0 atom stereocenters. The first-order chi connectivity index (χ1) is 13.1. The van der Waals surface area contributed by atoms with Gasteiger partial charge in [-0.1, -0.05) is 6.07 Å². The van der Waals surface area contributed by atoms with Crippen LogP contribution in [0.25, 0.3) is 0 Å². The number of anilines is 2. The molecule has 0 aliphatic carbocycles. The van der Waals surface area contributed by atoms with E-state index >= 15 is 0 Å². The van der Waals surface area contributed by atoms with Crippen molar-refractivity contribution in [2.75, 3.05) is 30.7 Å². The molecular weight excluding hydrogens is 350 g/mol. The van der Waals surface area contributed by atoms with E-state index in [1.807, 2.05) is 0 Å². The highest BCUT2D eigenvalue weighted by Crippen LogP contribution is 2.31. The topological polar surface area (TPSA) is 93.9 Å². The van der Waals surface area contributed by atoms with Crippen molar-refractivity contribution in [3.05, 3.63) is 58.1 Å². The number of amides is 2. The third kappa shape index (κ3) is 4.53. The number of nitro groups is 1. The lowest BCUT2D eigenvalue weighted by Crippen LogP contribution is -2.35. The molecule has 0 radical (unpaired) electrons. The van der Waals surface area contributed by atoms with Gasteiger partial charge in [0.1, 0.15) is 5.75 Å². The summed E-state index contributed by atoms with van der Waals surface area (Å²) < 4.78 is 10.2. The van der Waals surface area contributed by atoms with Gasteiger partial charge in [-0.3, -0.25) is 15.0 Å². The molecule has 2 amide bonds. The van der Waals surface area contributed by atoms with Crippen LogP contribution in [-0.4, -0.2) is 31.4 Å². The predicted octanol–water partition coefficient (Wildman–Crippen LogP) is 3.95. The minimum Gasteiger partial charge on any atom is -0.468 e. The van der Waals surface area contributed by atoms with Gasteiger partial charge in [0.25, 0.3) is 5.69 Å². The molecule has 1 aliphatic heterocycles. The van der Waals surface area contributed by atoms with Crippen molar-refractivity contribution in [2.45, 2.75) is 19.3 Å². The summed E-state index contributed by atoms with van der Waals surface area (Å²) in [5.74, 6) is 0.630. The van der Waals surface area contributed by atoms with Crippen LogP contribution in [-0.2, 0) is 11.2 Å². The Balaban J connectivity index is 1.78. The molecule has 0 spiro atoms. The molecule has 0 saturated heterocycles. The van der Waals surface area contributed by atoms with Crippen molar-refractivity contribution < 1.29 is 19.2 Å². The molecule has 1 aliphatic rings. The van der Waals surface area contributed by atoms with Crippen LogP contribution in [0.3, 0.4) is 0 Å². The van der Waals surface area contributed by atoms with Gasteiger partial charge >= 0.3 is 6.03 Å². The van der Waals surface area contributed by atoms with Crippen LogP contribution in [0.5, 0.6) is 5.75 Å². The summed E-state index contributed by atoms with van der Waals surface area (Å²) in [6.45, 7) is 0.657. The highest BCUT2D eigenvalue weighted by molar-refractivity contribution is 6.02. The van der Waals surface area contributed by atoms with E-state index in [1.165, 1.54) is 19.2 Å². The lowest BCUT2D eigenvalue weighted by Gasteiger charge is -2.23. The van der Waals surface area contributed by atoms with Gasteiger partial charge in [0.2, 0.25) is 0 Å². The number of nitrogens with zero attached hydrogens (tertiary/aromatic N) is 2. The van der Waals surface area contributed by atoms with E-state index in [0.717, 1.165) is 24.8 Å². The fourth-order valence-electron chi connectivity index (χ4n) is 3.00. The van der Waals surface area contributed by atoms with Gasteiger partial charge in [-0.15, -0.1) is 0 Å². The van der Waals surface area contributed by atoms with Gasteiger partial charge < -0.3 is 14.8 Å². The number of hydrogen-bond acceptors (Lipinski definition) is 5. The summed E-state index contributed by atoms with van der Waals surface area (Å²) in [7, 11) is 1.54. The number of fused-ring (bicyclic) bond motifs is 1. The van der Waals surface area contributed by atoms with Crippen molar-refractivity contribution >= 4 is 23.1 Å². The first-order valence-corrected chi connectivity index (χ1v) is 8.66. The molecule has 0 aromatic heterocycles. The number of carbonyl (C=O) groups is 1. The Labute approximate surface area is 156 Å². The summed E-state index contributed by atoms with van der Waals surface area (Å²) in [5, 5.41) is 14.0. The molecule has 2 aromatic rings. The molecule has 1 N–H and O–H groups in total. The quantitative estimate of drug-likeness (QED) is 0.488. The van der Waals surface area contributed by atoms with Gasteiger partial charge in [0.05, 0.1) is 10.6 Å². The van der Waals surface area contributed by atoms with Crippen molar-refractivity contribution in [3.8, 4) is 5.75 Å². The summed E-state index contributed by atoms with van der Waals surface area (Å²) in [5.41, 5.74) is 2.13. The minimum absolute atomic E-state index is 0.0203. The summed E-state index contributed by atoms with van der Waals surface area (Å²) >= 11 is 0. The molecule has 1 heterocycles. The fraction of sp³-hybridized carbons (Fsp3) is 0.316. The number of rotatable bonds is 5. The lowest BCUT2D eigenvalue weighted by molar-refractivity contribution is -0.384. The molecule has 27 heavy (non-hydrogen) atoms. The molecule has 8 nitrogen and oxygen atoms in total. The van der Waals surface area contributed by atoms with Crippen molar-refractivity contribution in [3.63, 3.8) is 0 Å². The zero-order chi connectivity index (χ0) is 19.2. The van der Waals surface area contributed by atoms with Gasteiger partial charge in [-0.2, -0.15) is 0 Å². The van der Waals surface area contributed by atoms with E-state index in [9.17, 15) is 14.9 Å². The smallest absolute Gasteiger partial charge is 0.326 e. The second kappa shape index (κ2) is 8.50. The Morgan fingerprint density at radius 3 is 2.70 bits per heavy atom. The number of nitro benzene ring substituents is 1. The van der Waals surface area contributed by atoms with Gasteiger partial charge in [0, 0.05) is 31.5 Å². The Bertz CT molecular complexity index is 823. The van der Waals surface area contributed by atoms with E-state index in [-0.39, 0.29) is 18.5 Å². The fourth-order valence-corrected chi connectivity index (χ4v) is 3.00. The molecule has 8 heteroatoms. The first-order valence-electron chi connectivity index (χ1n) is 8.66. The van der Waals surface area contributed by atoms with E-state index < -0.39 is 4.92 Å². The molecule has 3 rings (SSSR count). The van der Waals surface area contributed by atoms with Gasteiger partial charge in [0.15, 0.2) is 6.79 Å². The first kappa shape index (κ1) is 18.7. The van der Waals surface area contributed by atoms with Crippen LogP contribution in [0.4, 0.5) is 21.9 Å². The normalized spacial score (nSPS) is 13.4. The SMILES string of the molecule is COCOc1ccc(NC(=O)N2CCCCc3ccc([N+](=O)[O-])cc32)cc1. The van der Waals surface area contributed by atoms with Crippen molar-refractivity contribution in [1.29, 1.82) is 0 Å². The van der Waals surface area contributed by atoms with Crippen molar-refractivity contribution in [1.82, 2.24) is 0 Å². The van der Waals surface area contributed by atoms with Gasteiger partial charge in [-0.25, -0.2) is 4.79 Å². The number of aryl methyl sites for hydroxylation is 1. The average Bonchev–Trinajstić information content (AvgIpc) is 2.89. The number of non-ortho nitro benzene ring substituents is 1.